The second-order valence-corrected chi connectivity index (χ2v) is 5.71. The Morgan fingerprint density at radius 2 is 1.88 bits per heavy atom. The molecule has 16 heavy (non-hydrogen) atoms. The molecule has 0 spiro atoms. The van der Waals surface area contributed by atoms with Crippen molar-refractivity contribution < 1.29 is 0 Å². The number of halogens is 1. The molecule has 3 rings (SSSR count). The second kappa shape index (κ2) is 4.05. The zero-order chi connectivity index (χ0) is 11.1. The Balaban J connectivity index is 1.76. The number of hydrogen-bond donors (Lipinski definition) is 1. The lowest BCUT2D eigenvalue weighted by Crippen LogP contribution is -2.14. The lowest BCUT2D eigenvalue weighted by Gasteiger charge is -2.12. The summed E-state index contributed by atoms with van der Waals surface area (Å²) >= 11 is 6.01. The van der Waals surface area contributed by atoms with E-state index in [0.29, 0.717) is 0 Å². The maximum absolute atomic E-state index is 6.37. The molecule has 3 unspecified atom stereocenters. The molecule has 2 aliphatic carbocycles. The molecule has 2 N–H and O–H groups in total. The van der Waals surface area contributed by atoms with Gasteiger partial charge in [0, 0.05) is 11.1 Å². The summed E-state index contributed by atoms with van der Waals surface area (Å²) in [6.45, 7) is 0. The van der Waals surface area contributed by atoms with Gasteiger partial charge in [0.25, 0.3) is 0 Å². The second-order valence-electron chi connectivity index (χ2n) is 5.27. The Labute approximate surface area is 102 Å². The Morgan fingerprint density at radius 1 is 1.19 bits per heavy atom. The third-order valence-electron chi connectivity index (χ3n) is 4.37. The van der Waals surface area contributed by atoms with E-state index in [2.05, 4.69) is 6.07 Å². The van der Waals surface area contributed by atoms with Crippen LogP contribution < -0.4 is 5.73 Å². The molecular weight excluding hydrogens is 218 g/mol. The average molecular weight is 236 g/mol. The molecule has 2 aliphatic rings. The molecule has 2 heteroatoms. The number of benzene rings is 1. The molecule has 3 atom stereocenters. The fourth-order valence-corrected chi connectivity index (χ4v) is 3.72. The van der Waals surface area contributed by atoms with Gasteiger partial charge in [0.05, 0.1) is 0 Å². The van der Waals surface area contributed by atoms with E-state index in [1.165, 1.54) is 31.2 Å². The van der Waals surface area contributed by atoms with Crippen LogP contribution >= 0.6 is 11.6 Å². The molecule has 0 amide bonds. The van der Waals surface area contributed by atoms with Crippen LogP contribution in [0.1, 0.15) is 37.3 Å². The van der Waals surface area contributed by atoms with Gasteiger partial charge in [0.15, 0.2) is 0 Å². The van der Waals surface area contributed by atoms with Gasteiger partial charge < -0.3 is 5.73 Å². The third kappa shape index (κ3) is 1.76. The van der Waals surface area contributed by atoms with Crippen LogP contribution in [0.5, 0.6) is 0 Å². The first-order chi connectivity index (χ1) is 7.77. The van der Waals surface area contributed by atoms with E-state index >= 15 is 0 Å². The van der Waals surface area contributed by atoms with Crippen molar-refractivity contribution in [3.8, 4) is 0 Å². The van der Waals surface area contributed by atoms with Crippen LogP contribution in [0.25, 0.3) is 0 Å². The number of fused-ring (bicyclic) bond motifs is 1. The molecule has 0 aromatic heterocycles. The first kappa shape index (κ1) is 10.6. The average Bonchev–Trinajstić information content (AvgIpc) is 3.02. The van der Waals surface area contributed by atoms with Gasteiger partial charge in [-0.05, 0) is 48.3 Å². The SMILES string of the molecule is NC(c1cccc(Cl)c1)C1C2CCCCC21. The van der Waals surface area contributed by atoms with Crippen LogP contribution in [0.15, 0.2) is 24.3 Å². The van der Waals surface area contributed by atoms with Crippen LogP contribution in [-0.2, 0) is 0 Å². The van der Waals surface area contributed by atoms with E-state index in [4.69, 9.17) is 17.3 Å². The topological polar surface area (TPSA) is 26.0 Å². The van der Waals surface area contributed by atoms with Crippen molar-refractivity contribution in [2.75, 3.05) is 0 Å². The molecule has 2 saturated carbocycles. The summed E-state index contributed by atoms with van der Waals surface area (Å²) in [6, 6.07) is 8.26. The van der Waals surface area contributed by atoms with Crippen molar-refractivity contribution in [3.05, 3.63) is 34.9 Å². The van der Waals surface area contributed by atoms with E-state index in [1.807, 2.05) is 18.2 Å². The maximum atomic E-state index is 6.37. The van der Waals surface area contributed by atoms with Crippen molar-refractivity contribution in [1.29, 1.82) is 0 Å². The maximum Gasteiger partial charge on any atom is 0.0409 e. The van der Waals surface area contributed by atoms with Gasteiger partial charge in [-0.2, -0.15) is 0 Å². The molecule has 1 nitrogen and oxygen atoms in total. The van der Waals surface area contributed by atoms with Crippen molar-refractivity contribution in [2.45, 2.75) is 31.7 Å². The van der Waals surface area contributed by atoms with E-state index in [1.54, 1.807) is 0 Å². The normalized spacial score (nSPS) is 34.2. The van der Waals surface area contributed by atoms with Crippen LogP contribution in [0.4, 0.5) is 0 Å². The smallest absolute Gasteiger partial charge is 0.0409 e. The highest BCUT2D eigenvalue weighted by molar-refractivity contribution is 6.30. The Hall–Kier alpha value is -0.530. The standard InChI is InChI=1S/C14H18ClN/c15-10-5-3-4-9(8-10)14(16)13-11-6-1-2-7-12(11)13/h3-5,8,11-14H,1-2,6-7,16H2. The highest BCUT2D eigenvalue weighted by Crippen LogP contribution is 2.59. The Kier molecular flexibility index (Phi) is 2.68. The van der Waals surface area contributed by atoms with E-state index in [0.717, 1.165) is 22.8 Å². The fourth-order valence-electron chi connectivity index (χ4n) is 3.52. The summed E-state index contributed by atoms with van der Waals surface area (Å²) in [5.41, 5.74) is 7.58. The van der Waals surface area contributed by atoms with E-state index in [-0.39, 0.29) is 6.04 Å². The summed E-state index contributed by atoms with van der Waals surface area (Å²) < 4.78 is 0. The number of nitrogens with two attached hydrogens (primary N) is 1. The minimum atomic E-state index is 0.201. The molecular formula is C14H18ClN. The molecule has 1 aromatic carbocycles. The largest absolute Gasteiger partial charge is 0.324 e. The van der Waals surface area contributed by atoms with Crippen LogP contribution in [-0.4, -0.2) is 0 Å². The monoisotopic (exact) mass is 235 g/mol. The van der Waals surface area contributed by atoms with Gasteiger partial charge >= 0.3 is 0 Å². The minimum Gasteiger partial charge on any atom is -0.324 e. The Bertz CT molecular complexity index is 378. The third-order valence-corrected chi connectivity index (χ3v) is 4.61. The van der Waals surface area contributed by atoms with Crippen molar-refractivity contribution in [3.63, 3.8) is 0 Å². The first-order valence-corrected chi connectivity index (χ1v) is 6.66. The zero-order valence-corrected chi connectivity index (χ0v) is 10.2. The summed E-state index contributed by atoms with van der Waals surface area (Å²) in [5, 5.41) is 0.802. The molecule has 0 saturated heterocycles. The predicted molar refractivity (Wildman–Crippen MR) is 67.3 cm³/mol. The molecule has 86 valence electrons. The Morgan fingerprint density at radius 3 is 2.50 bits per heavy atom. The number of rotatable bonds is 2. The molecule has 0 heterocycles. The van der Waals surface area contributed by atoms with E-state index < -0.39 is 0 Å². The van der Waals surface area contributed by atoms with Gasteiger partial charge in [0.2, 0.25) is 0 Å². The van der Waals surface area contributed by atoms with Crippen molar-refractivity contribution >= 4 is 11.6 Å². The highest BCUT2D eigenvalue weighted by Gasteiger charge is 2.53. The van der Waals surface area contributed by atoms with Crippen LogP contribution in [0, 0.1) is 17.8 Å². The summed E-state index contributed by atoms with van der Waals surface area (Å²) in [6.07, 6.45) is 5.59. The first-order valence-electron chi connectivity index (χ1n) is 6.28. The van der Waals surface area contributed by atoms with Gasteiger partial charge in [-0.3, -0.25) is 0 Å². The van der Waals surface area contributed by atoms with E-state index in [9.17, 15) is 0 Å². The molecule has 0 bridgehead atoms. The molecule has 0 aliphatic heterocycles. The lowest BCUT2D eigenvalue weighted by molar-refractivity contribution is 0.480. The molecule has 2 fully saturated rings. The summed E-state index contributed by atoms with van der Waals surface area (Å²) in [4.78, 5) is 0. The quantitative estimate of drug-likeness (QED) is 0.830. The van der Waals surface area contributed by atoms with Crippen LogP contribution in [0.3, 0.4) is 0 Å². The van der Waals surface area contributed by atoms with Crippen molar-refractivity contribution in [1.82, 2.24) is 0 Å². The van der Waals surface area contributed by atoms with Crippen LogP contribution in [0.2, 0.25) is 5.02 Å². The van der Waals surface area contributed by atoms with Gasteiger partial charge in [-0.1, -0.05) is 36.6 Å². The van der Waals surface area contributed by atoms with Gasteiger partial charge in [-0.15, -0.1) is 0 Å². The predicted octanol–water partition coefficient (Wildman–Crippen LogP) is 3.78. The fraction of sp³-hybridized carbons (Fsp3) is 0.571. The highest BCUT2D eigenvalue weighted by atomic mass is 35.5. The molecule has 0 radical (unpaired) electrons. The van der Waals surface area contributed by atoms with Gasteiger partial charge in [-0.25, -0.2) is 0 Å². The summed E-state index contributed by atoms with van der Waals surface area (Å²) in [5.74, 6) is 2.53. The summed E-state index contributed by atoms with van der Waals surface area (Å²) in [7, 11) is 0. The van der Waals surface area contributed by atoms with Crippen molar-refractivity contribution in [2.24, 2.45) is 23.5 Å². The van der Waals surface area contributed by atoms with Gasteiger partial charge in [0.1, 0.15) is 0 Å². The lowest BCUT2D eigenvalue weighted by atomic mass is 10.0. The molecule has 1 aromatic rings. The minimum absolute atomic E-state index is 0.201. The zero-order valence-electron chi connectivity index (χ0n) is 9.40. The number of hydrogen-bond acceptors (Lipinski definition) is 1.